The first-order valence-electron chi connectivity index (χ1n) is 30.0. The van der Waals surface area contributed by atoms with Gasteiger partial charge >= 0.3 is 0 Å². The van der Waals surface area contributed by atoms with Crippen molar-refractivity contribution in [2.45, 2.75) is 51.0 Å². The number of fused-ring (bicyclic) bond motifs is 13. The maximum absolute atomic E-state index is 7.40. The van der Waals surface area contributed by atoms with Crippen molar-refractivity contribution in [3.63, 3.8) is 0 Å². The molecule has 4 heterocycles. The van der Waals surface area contributed by atoms with Crippen LogP contribution in [0.5, 0.6) is 0 Å². The number of hydrogen-bond acceptors (Lipinski definition) is 2. The fourth-order valence-electron chi connectivity index (χ4n) is 14.9. The number of nitrogens with zero attached hydrogens (tertiary/aromatic N) is 5. The lowest BCUT2D eigenvalue weighted by atomic mass is 9.82. The molecule has 0 bridgehead atoms. The standard InChI is InChI=1S/C79H60N6/c1-49-41-55(54-36-40-76-68(46-54)63-26-12-16-30-72(63)83(76)58-22-7-4-8-23-58)47-69-65-28-14-18-32-74(65)85(78(49)69)60-43-56(79(80)81-70-37-33-51-19-9-10-24-61(51)50(70)2)42-59(48-60)84-73-31-17-13-27-64(73)67-45-53(35-39-77(67)84)52-34-38-75-66(44-52)62-25-11-15-29-71(62)82(75)57-20-5-3-6-21-57/h3-13,15-27,29-40,42-49,63,72H,14,28,41H2,1-2H3,(H2,80,81). The molecule has 3 atom stereocenters. The fourth-order valence-corrected chi connectivity index (χ4v) is 14.9. The number of aromatic nitrogens is 3. The van der Waals surface area contributed by atoms with Gasteiger partial charge in [-0.1, -0.05) is 159 Å². The SMILES string of the molecule is Cc1c(N=C(N)c2cc(-n3c4c(c5c3C(C)CC(c3ccc6c(c3)C3C=CC=CC3N6c3ccccc3)=C5)CCC=C4)cc(-n3c4ccccc4c4cc(-c5ccc6c(c5)c5ccccc5n6-c5ccccc5)ccc43)c2)ccc2ccccc12. The van der Waals surface area contributed by atoms with E-state index in [4.69, 9.17) is 10.7 Å². The molecule has 3 aliphatic carbocycles. The minimum atomic E-state index is 0.215. The molecule has 85 heavy (non-hydrogen) atoms. The summed E-state index contributed by atoms with van der Waals surface area (Å²) in [6, 6.07) is 80.4. The number of allylic oxidation sites excluding steroid dienone is 4. The number of aliphatic imine (C=N–C) groups is 1. The molecule has 0 fully saturated rings. The van der Waals surface area contributed by atoms with Crippen molar-refractivity contribution in [3.05, 3.63) is 294 Å². The molecule has 0 radical (unpaired) electrons. The van der Waals surface area contributed by atoms with Crippen LogP contribution >= 0.6 is 0 Å². The second-order valence-electron chi connectivity index (χ2n) is 23.6. The second-order valence-corrected chi connectivity index (χ2v) is 23.6. The van der Waals surface area contributed by atoms with E-state index in [1.165, 1.54) is 105 Å². The van der Waals surface area contributed by atoms with Gasteiger partial charge in [0, 0.05) is 84.3 Å². The van der Waals surface area contributed by atoms with Crippen LogP contribution in [-0.2, 0) is 6.42 Å². The van der Waals surface area contributed by atoms with E-state index in [9.17, 15) is 0 Å². The highest BCUT2D eigenvalue weighted by molar-refractivity contribution is 6.13. The number of nitrogens with two attached hydrogens (primary N) is 1. The van der Waals surface area contributed by atoms with Crippen molar-refractivity contribution in [2.75, 3.05) is 4.90 Å². The minimum Gasteiger partial charge on any atom is -0.383 e. The summed E-state index contributed by atoms with van der Waals surface area (Å²) in [5, 5.41) is 7.22. The lowest BCUT2D eigenvalue weighted by molar-refractivity contribution is 0.724. The van der Waals surface area contributed by atoms with Gasteiger partial charge in [-0.15, -0.1) is 0 Å². The quantitative estimate of drug-likeness (QED) is 0.122. The Morgan fingerprint density at radius 3 is 1.87 bits per heavy atom. The Balaban J connectivity index is 0.832. The second kappa shape index (κ2) is 19.3. The summed E-state index contributed by atoms with van der Waals surface area (Å²) in [4.78, 5) is 7.82. The number of benzene rings is 10. The van der Waals surface area contributed by atoms with Gasteiger partial charge < -0.3 is 24.3 Å². The van der Waals surface area contributed by atoms with E-state index < -0.39 is 0 Å². The van der Waals surface area contributed by atoms with Crippen molar-refractivity contribution in [1.82, 2.24) is 13.7 Å². The third kappa shape index (κ3) is 7.75. The average molecular weight is 1090 g/mol. The minimum absolute atomic E-state index is 0.215. The van der Waals surface area contributed by atoms with Gasteiger partial charge in [0.2, 0.25) is 0 Å². The third-order valence-electron chi connectivity index (χ3n) is 18.8. The molecule has 13 aromatic rings. The van der Waals surface area contributed by atoms with Crippen LogP contribution in [0.3, 0.4) is 0 Å². The fraction of sp³-hybridized carbons (Fsp3) is 0.101. The molecular weight excluding hydrogens is 1030 g/mol. The lowest BCUT2D eigenvalue weighted by Crippen LogP contribution is -2.28. The first-order valence-corrected chi connectivity index (χ1v) is 30.0. The van der Waals surface area contributed by atoms with Crippen LogP contribution in [-0.4, -0.2) is 25.6 Å². The molecule has 0 spiro atoms. The Labute approximate surface area is 494 Å². The van der Waals surface area contributed by atoms with E-state index in [2.05, 4.69) is 293 Å². The van der Waals surface area contributed by atoms with Gasteiger partial charge in [-0.05, 0) is 185 Å². The highest BCUT2D eigenvalue weighted by Crippen LogP contribution is 2.51. The van der Waals surface area contributed by atoms with Crippen LogP contribution in [0.2, 0.25) is 0 Å². The number of amidine groups is 1. The summed E-state index contributed by atoms with van der Waals surface area (Å²) >= 11 is 0. The van der Waals surface area contributed by atoms with Gasteiger partial charge in [-0.2, -0.15) is 0 Å². The molecule has 3 unspecified atom stereocenters. The van der Waals surface area contributed by atoms with Crippen LogP contribution in [0.25, 0.3) is 100 Å². The zero-order chi connectivity index (χ0) is 56.4. The van der Waals surface area contributed by atoms with Crippen LogP contribution in [0.1, 0.15) is 76.4 Å². The molecule has 6 heteroatoms. The molecule has 1 aliphatic heterocycles. The van der Waals surface area contributed by atoms with Crippen LogP contribution in [0, 0.1) is 6.92 Å². The Morgan fingerprint density at radius 1 is 0.529 bits per heavy atom. The van der Waals surface area contributed by atoms with Gasteiger partial charge in [0.15, 0.2) is 0 Å². The highest BCUT2D eigenvalue weighted by atomic mass is 15.2. The van der Waals surface area contributed by atoms with E-state index >= 15 is 0 Å². The normalized spacial score (nSPS) is 17.1. The Hall–Kier alpha value is -10.4. The molecule has 10 aromatic carbocycles. The van der Waals surface area contributed by atoms with E-state index in [1.807, 2.05) is 0 Å². The smallest absolute Gasteiger partial charge is 0.131 e. The van der Waals surface area contributed by atoms with Gasteiger partial charge in [-0.25, -0.2) is 4.99 Å². The number of para-hydroxylation sites is 4. The van der Waals surface area contributed by atoms with Gasteiger partial charge in [0.05, 0.1) is 33.8 Å². The molecule has 2 N–H and O–H groups in total. The Kier molecular flexibility index (Phi) is 11.2. The van der Waals surface area contributed by atoms with Crippen LogP contribution in [0.4, 0.5) is 17.1 Å². The maximum Gasteiger partial charge on any atom is 0.131 e. The summed E-state index contributed by atoms with van der Waals surface area (Å²) in [5.74, 6) is 0.973. The predicted octanol–water partition coefficient (Wildman–Crippen LogP) is 19.6. The van der Waals surface area contributed by atoms with E-state index in [1.54, 1.807) is 0 Å². The Morgan fingerprint density at radius 2 is 1.14 bits per heavy atom. The predicted molar refractivity (Wildman–Crippen MR) is 357 cm³/mol. The van der Waals surface area contributed by atoms with Gasteiger partial charge in [0.25, 0.3) is 0 Å². The maximum atomic E-state index is 7.40. The van der Waals surface area contributed by atoms with Crippen molar-refractivity contribution in [3.8, 4) is 28.2 Å². The third-order valence-corrected chi connectivity index (χ3v) is 18.8. The zero-order valence-corrected chi connectivity index (χ0v) is 47.5. The number of aryl methyl sites for hydroxylation is 1. The largest absolute Gasteiger partial charge is 0.383 e. The average Bonchev–Trinajstić information content (AvgIpc) is 3.48. The first kappa shape index (κ1) is 49.2. The Bertz CT molecular complexity index is 5090. The number of anilines is 2. The van der Waals surface area contributed by atoms with Crippen LogP contribution < -0.4 is 10.6 Å². The number of hydrogen-bond donors (Lipinski definition) is 1. The molecule has 0 saturated carbocycles. The summed E-state index contributed by atoms with van der Waals surface area (Å²) < 4.78 is 7.40. The summed E-state index contributed by atoms with van der Waals surface area (Å²) in [6.45, 7) is 4.58. The van der Waals surface area contributed by atoms with E-state index in [0.29, 0.717) is 5.84 Å². The monoisotopic (exact) mass is 1090 g/mol. The summed E-state index contributed by atoms with van der Waals surface area (Å²) in [6.07, 6.45) is 19.3. The first-order chi connectivity index (χ1) is 41.9. The van der Waals surface area contributed by atoms with E-state index in [-0.39, 0.29) is 17.9 Å². The van der Waals surface area contributed by atoms with Crippen molar-refractivity contribution in [1.29, 1.82) is 0 Å². The molecule has 4 aliphatic rings. The zero-order valence-electron chi connectivity index (χ0n) is 47.5. The molecule has 17 rings (SSSR count). The van der Waals surface area contributed by atoms with Gasteiger partial charge in [-0.3, -0.25) is 0 Å². The molecule has 406 valence electrons. The van der Waals surface area contributed by atoms with Crippen molar-refractivity contribution < 1.29 is 0 Å². The molecule has 3 aromatic heterocycles. The molecular formula is C79H60N6. The van der Waals surface area contributed by atoms with Crippen molar-refractivity contribution in [2.24, 2.45) is 10.7 Å². The molecule has 0 amide bonds. The molecule has 6 nitrogen and oxygen atoms in total. The van der Waals surface area contributed by atoms with E-state index in [0.717, 1.165) is 64.2 Å². The van der Waals surface area contributed by atoms with Crippen LogP contribution in [0.15, 0.2) is 254 Å². The highest BCUT2D eigenvalue weighted by Gasteiger charge is 2.38. The lowest BCUT2D eigenvalue weighted by Gasteiger charge is -2.28. The summed E-state index contributed by atoms with van der Waals surface area (Å²) in [7, 11) is 0. The number of rotatable bonds is 8. The topological polar surface area (TPSA) is 56.4 Å². The molecule has 0 saturated heterocycles. The van der Waals surface area contributed by atoms with Gasteiger partial charge in [0.1, 0.15) is 5.84 Å². The summed E-state index contributed by atoms with van der Waals surface area (Å²) in [5.41, 5.74) is 32.5. The van der Waals surface area contributed by atoms with Crippen molar-refractivity contribution >= 4 is 95.0 Å².